The van der Waals surface area contributed by atoms with E-state index in [1.165, 1.54) is 6.07 Å². The molecule has 1 aromatic heterocycles. The van der Waals surface area contributed by atoms with Gasteiger partial charge in [0.05, 0.1) is 24.8 Å². The molecule has 1 atom stereocenters. The summed E-state index contributed by atoms with van der Waals surface area (Å²) in [5.41, 5.74) is 1.92. The third-order valence-electron chi connectivity index (χ3n) is 5.93. The van der Waals surface area contributed by atoms with Crippen molar-refractivity contribution < 1.29 is 23.0 Å². The highest BCUT2D eigenvalue weighted by Gasteiger charge is 2.32. The van der Waals surface area contributed by atoms with E-state index in [0.717, 1.165) is 10.9 Å². The molecule has 1 N–H and O–H groups in total. The minimum Gasteiger partial charge on any atom is -0.444 e. The first kappa shape index (κ1) is 21.5. The van der Waals surface area contributed by atoms with Crippen molar-refractivity contribution in [2.45, 2.75) is 31.9 Å². The van der Waals surface area contributed by atoms with Crippen molar-refractivity contribution in [1.82, 2.24) is 15.3 Å². The summed E-state index contributed by atoms with van der Waals surface area (Å²) >= 11 is 0. The summed E-state index contributed by atoms with van der Waals surface area (Å²) in [7, 11) is 0. The van der Waals surface area contributed by atoms with Gasteiger partial charge in [0.2, 0.25) is 0 Å². The Morgan fingerprint density at radius 3 is 2.79 bits per heavy atom. The van der Waals surface area contributed by atoms with E-state index in [-0.39, 0.29) is 23.5 Å². The van der Waals surface area contributed by atoms with Crippen molar-refractivity contribution in [1.29, 1.82) is 0 Å². The number of aromatic nitrogens is 2. The van der Waals surface area contributed by atoms with Crippen molar-refractivity contribution in [2.75, 3.05) is 31.2 Å². The van der Waals surface area contributed by atoms with Gasteiger partial charge in [0.1, 0.15) is 11.9 Å². The van der Waals surface area contributed by atoms with E-state index in [1.807, 2.05) is 30.0 Å². The Labute approximate surface area is 189 Å². The van der Waals surface area contributed by atoms with Crippen LogP contribution in [0.5, 0.6) is 0 Å². The number of nitrogens with zero attached hydrogens (tertiary/aromatic N) is 3. The first-order chi connectivity index (χ1) is 16.0. The summed E-state index contributed by atoms with van der Waals surface area (Å²) in [6, 6.07) is 12.0. The van der Waals surface area contributed by atoms with Crippen LogP contribution in [-0.4, -0.2) is 54.5 Å². The number of benzene rings is 2. The maximum atomic E-state index is 13.6. The molecule has 5 rings (SSSR count). The molecule has 0 saturated carbocycles. The Balaban J connectivity index is 1.40. The second kappa shape index (κ2) is 8.90. The number of alkyl carbamates (subject to hydrolysis) is 1. The fraction of sp³-hybridized carbons (Fsp3) is 0.375. The Kier molecular flexibility index (Phi) is 5.80. The minimum absolute atomic E-state index is 0.0907. The largest absolute Gasteiger partial charge is 0.444 e. The van der Waals surface area contributed by atoms with Crippen LogP contribution < -0.4 is 10.2 Å². The van der Waals surface area contributed by atoms with Crippen molar-refractivity contribution >= 4 is 22.8 Å². The Morgan fingerprint density at radius 2 is 2.03 bits per heavy atom. The van der Waals surface area contributed by atoms with Crippen molar-refractivity contribution in [3.05, 3.63) is 53.6 Å². The van der Waals surface area contributed by atoms with Crippen molar-refractivity contribution in [3.63, 3.8) is 0 Å². The Hall–Kier alpha value is -3.33. The summed E-state index contributed by atoms with van der Waals surface area (Å²) in [5.74, 6) is 0.922. The average Bonchev–Trinajstić information content (AvgIpc) is 3.28. The van der Waals surface area contributed by atoms with Crippen LogP contribution in [0.25, 0.3) is 22.3 Å². The van der Waals surface area contributed by atoms with Crippen LogP contribution in [0.1, 0.15) is 24.0 Å². The van der Waals surface area contributed by atoms with Crippen LogP contribution in [0.4, 0.5) is 19.4 Å². The number of carbonyl (C=O) groups is 1. The molecule has 0 unspecified atom stereocenters. The number of amides is 1. The second-order valence-corrected chi connectivity index (χ2v) is 8.42. The summed E-state index contributed by atoms with van der Waals surface area (Å²) in [5, 5.41) is 3.71. The summed E-state index contributed by atoms with van der Waals surface area (Å²) in [6.45, 7) is 4.06. The number of alkyl halides is 2. The highest BCUT2D eigenvalue weighted by atomic mass is 19.3. The predicted molar refractivity (Wildman–Crippen MR) is 120 cm³/mol. The standard InChI is InChI=1S/C24H24F2N4O3/c1-14-6-7-19-20(10-14)28-22(18-5-3-2-4-17(18)21(25)26)29-23(19)30-11-15(12-30)27-24(31)33-16-8-9-32-13-16/h2-7,10,15-16,21H,8-9,11-13H2,1H3,(H,27,31)/t16-/m0/s1. The van der Waals surface area contributed by atoms with Gasteiger partial charge in [-0.25, -0.2) is 23.5 Å². The van der Waals surface area contributed by atoms with E-state index in [9.17, 15) is 13.6 Å². The predicted octanol–water partition coefficient (Wildman–Crippen LogP) is 4.25. The highest BCUT2D eigenvalue weighted by molar-refractivity contribution is 5.92. The van der Waals surface area contributed by atoms with Crippen LogP contribution in [0.2, 0.25) is 0 Å². The number of hydrogen-bond donors (Lipinski definition) is 1. The maximum absolute atomic E-state index is 13.6. The number of hydrogen-bond acceptors (Lipinski definition) is 6. The van der Waals surface area contributed by atoms with Crippen LogP contribution in [0.3, 0.4) is 0 Å². The van der Waals surface area contributed by atoms with Gasteiger partial charge in [-0.1, -0.05) is 30.3 Å². The topological polar surface area (TPSA) is 76.6 Å². The van der Waals surface area contributed by atoms with Crippen molar-refractivity contribution in [3.8, 4) is 11.4 Å². The first-order valence-corrected chi connectivity index (χ1v) is 10.9. The molecule has 0 bridgehead atoms. The molecular weight excluding hydrogens is 430 g/mol. The molecule has 2 aliphatic heterocycles. The highest BCUT2D eigenvalue weighted by Crippen LogP contribution is 2.34. The van der Waals surface area contributed by atoms with Gasteiger partial charge in [-0.2, -0.15) is 0 Å². The summed E-state index contributed by atoms with van der Waals surface area (Å²) in [4.78, 5) is 23.4. The third kappa shape index (κ3) is 4.45. The normalized spacial score (nSPS) is 18.5. The van der Waals surface area contributed by atoms with Crippen molar-refractivity contribution in [2.24, 2.45) is 0 Å². The Morgan fingerprint density at radius 1 is 1.21 bits per heavy atom. The van der Waals surface area contributed by atoms with Gasteiger partial charge in [0.25, 0.3) is 6.43 Å². The van der Waals surface area contributed by atoms with Gasteiger partial charge in [-0.15, -0.1) is 0 Å². The molecule has 2 aliphatic rings. The molecule has 0 spiro atoms. The molecule has 9 heteroatoms. The smallest absolute Gasteiger partial charge is 0.407 e. The number of ether oxygens (including phenoxy) is 2. The molecule has 3 aromatic rings. The fourth-order valence-corrected chi connectivity index (χ4v) is 4.18. The number of carbonyl (C=O) groups excluding carboxylic acids is 1. The van der Waals surface area contributed by atoms with Gasteiger partial charge in [-0.05, 0) is 24.6 Å². The molecular formula is C24H24F2N4O3. The molecule has 33 heavy (non-hydrogen) atoms. The molecule has 2 aromatic carbocycles. The van der Waals surface area contributed by atoms with Gasteiger partial charge in [0.15, 0.2) is 5.82 Å². The van der Waals surface area contributed by atoms with Crippen LogP contribution in [0.15, 0.2) is 42.5 Å². The van der Waals surface area contributed by atoms with Gasteiger partial charge in [0, 0.05) is 36.0 Å². The summed E-state index contributed by atoms with van der Waals surface area (Å²) < 4.78 is 37.8. The number of nitrogens with one attached hydrogen (secondary N) is 1. The second-order valence-electron chi connectivity index (χ2n) is 8.42. The maximum Gasteiger partial charge on any atom is 0.407 e. The van der Waals surface area contributed by atoms with Crippen LogP contribution in [-0.2, 0) is 9.47 Å². The molecule has 172 valence electrons. The molecule has 0 radical (unpaired) electrons. The van der Waals surface area contributed by atoms with E-state index in [1.54, 1.807) is 18.2 Å². The van der Waals surface area contributed by atoms with Gasteiger partial charge < -0.3 is 19.7 Å². The van der Waals surface area contributed by atoms with Crippen LogP contribution >= 0.6 is 0 Å². The van der Waals surface area contributed by atoms with Gasteiger partial charge in [-0.3, -0.25) is 0 Å². The first-order valence-electron chi connectivity index (χ1n) is 10.9. The SMILES string of the molecule is Cc1ccc2c(N3CC(NC(=O)O[C@H]4CCOC4)C3)nc(-c3ccccc3C(F)F)nc2c1. The molecule has 3 heterocycles. The summed E-state index contributed by atoms with van der Waals surface area (Å²) in [6.07, 6.45) is -2.58. The third-order valence-corrected chi connectivity index (χ3v) is 5.93. The number of fused-ring (bicyclic) bond motifs is 1. The molecule has 0 aliphatic carbocycles. The Bertz CT molecular complexity index is 1180. The molecule has 7 nitrogen and oxygen atoms in total. The number of aryl methyl sites for hydroxylation is 1. The number of anilines is 1. The van der Waals surface area contributed by atoms with E-state index >= 15 is 0 Å². The zero-order valence-corrected chi connectivity index (χ0v) is 18.1. The monoisotopic (exact) mass is 454 g/mol. The van der Waals surface area contributed by atoms with E-state index in [4.69, 9.17) is 9.47 Å². The fourth-order valence-electron chi connectivity index (χ4n) is 4.18. The van der Waals surface area contributed by atoms with E-state index in [0.29, 0.717) is 49.6 Å². The zero-order valence-electron chi connectivity index (χ0n) is 18.1. The quantitative estimate of drug-likeness (QED) is 0.621. The number of rotatable bonds is 5. The zero-order chi connectivity index (χ0) is 22.9. The van der Waals surface area contributed by atoms with Gasteiger partial charge >= 0.3 is 6.09 Å². The van der Waals surface area contributed by atoms with E-state index < -0.39 is 12.5 Å². The lowest BCUT2D eigenvalue weighted by molar-refractivity contribution is 0.0799. The minimum atomic E-state index is -2.63. The van der Waals surface area contributed by atoms with E-state index in [2.05, 4.69) is 15.3 Å². The number of halogens is 2. The molecule has 2 saturated heterocycles. The average molecular weight is 454 g/mol. The molecule has 1 amide bonds. The molecule has 2 fully saturated rings. The lowest BCUT2D eigenvalue weighted by Crippen LogP contribution is -2.60. The lowest BCUT2D eigenvalue weighted by Gasteiger charge is -2.40. The van der Waals surface area contributed by atoms with Crippen LogP contribution in [0, 0.1) is 6.92 Å². The lowest BCUT2D eigenvalue weighted by atomic mass is 10.0.